The maximum atomic E-state index is 13.4. The number of carbonyl (C=O) groups is 1. The lowest BCUT2D eigenvalue weighted by atomic mass is 10.0. The number of benzene rings is 1. The Labute approximate surface area is 209 Å². The summed E-state index contributed by atoms with van der Waals surface area (Å²) in [6.07, 6.45) is 5.18. The average Bonchev–Trinajstić information content (AvgIpc) is 3.52. The molecule has 0 unspecified atom stereocenters. The average molecular weight is 500 g/mol. The van der Waals surface area contributed by atoms with Crippen molar-refractivity contribution in [1.29, 1.82) is 0 Å². The zero-order valence-electron chi connectivity index (χ0n) is 18.4. The third-order valence-corrected chi connectivity index (χ3v) is 7.08. The first-order chi connectivity index (χ1) is 17.1. The predicted molar refractivity (Wildman–Crippen MR) is 138 cm³/mol. The normalized spacial score (nSPS) is 14.0. The summed E-state index contributed by atoms with van der Waals surface area (Å²) < 4.78 is 7.05. The number of nitrogens with zero attached hydrogens (tertiary/aromatic N) is 3. The fraction of sp³-hybridized carbons (Fsp3) is 0.111. The van der Waals surface area contributed by atoms with Crippen LogP contribution in [-0.2, 0) is 17.8 Å². The third-order valence-electron chi connectivity index (χ3n) is 6.03. The van der Waals surface area contributed by atoms with Crippen molar-refractivity contribution in [3.05, 3.63) is 109 Å². The molecule has 0 spiro atoms. The molecule has 6 nitrogen and oxygen atoms in total. The van der Waals surface area contributed by atoms with Gasteiger partial charge in [-0.3, -0.25) is 9.20 Å². The molecule has 0 atom stereocenters. The van der Waals surface area contributed by atoms with Crippen LogP contribution in [0, 0.1) is 0 Å². The molecule has 35 heavy (non-hydrogen) atoms. The predicted octanol–water partition coefficient (Wildman–Crippen LogP) is 5.80. The van der Waals surface area contributed by atoms with E-state index < -0.39 is 5.97 Å². The molecule has 0 aliphatic heterocycles. The topological polar surface area (TPSA) is 73.6 Å². The Morgan fingerprint density at radius 3 is 2.86 bits per heavy atom. The Hall–Kier alpha value is -3.81. The van der Waals surface area contributed by atoms with Gasteiger partial charge in [0.05, 0.1) is 27.5 Å². The van der Waals surface area contributed by atoms with Gasteiger partial charge in [0.25, 0.3) is 5.56 Å². The van der Waals surface area contributed by atoms with Crippen LogP contribution in [0.3, 0.4) is 0 Å². The number of para-hydroxylation sites is 1. The van der Waals surface area contributed by atoms with E-state index in [0.717, 1.165) is 39.0 Å². The molecular formula is C27H18ClN3O3S. The van der Waals surface area contributed by atoms with Crippen molar-refractivity contribution in [2.45, 2.75) is 19.4 Å². The number of allylic oxidation sites excluding steroid dienone is 1. The number of aromatic nitrogens is 3. The lowest BCUT2D eigenvalue weighted by molar-refractivity contribution is 0.0469. The Kier molecular flexibility index (Phi) is 5.43. The maximum Gasteiger partial charge on any atom is 0.339 e. The molecule has 5 aromatic rings. The Morgan fingerprint density at radius 1 is 1.11 bits per heavy atom. The van der Waals surface area contributed by atoms with E-state index in [1.54, 1.807) is 23.5 Å². The van der Waals surface area contributed by atoms with Crippen LogP contribution < -0.4 is 5.56 Å². The molecule has 0 N–H and O–H groups in total. The highest BCUT2D eigenvalue weighted by molar-refractivity contribution is 7.10. The summed E-state index contributed by atoms with van der Waals surface area (Å²) in [5.41, 5.74) is 4.67. The smallest absolute Gasteiger partial charge is 0.339 e. The summed E-state index contributed by atoms with van der Waals surface area (Å²) in [4.78, 5) is 36.4. The highest BCUT2D eigenvalue weighted by atomic mass is 35.5. The van der Waals surface area contributed by atoms with E-state index in [-0.39, 0.29) is 12.2 Å². The van der Waals surface area contributed by atoms with E-state index in [9.17, 15) is 9.59 Å². The van der Waals surface area contributed by atoms with Crippen LogP contribution in [0.15, 0.2) is 71.0 Å². The monoisotopic (exact) mass is 499 g/mol. The van der Waals surface area contributed by atoms with E-state index in [1.165, 1.54) is 16.7 Å². The van der Waals surface area contributed by atoms with Crippen molar-refractivity contribution >= 4 is 57.1 Å². The van der Waals surface area contributed by atoms with E-state index in [1.807, 2.05) is 35.7 Å². The fourth-order valence-electron chi connectivity index (χ4n) is 4.47. The Bertz CT molecular complexity index is 1710. The number of hydrogen-bond donors (Lipinski definition) is 0. The van der Waals surface area contributed by atoms with Crippen LogP contribution in [0.1, 0.15) is 38.6 Å². The van der Waals surface area contributed by atoms with Gasteiger partial charge in [-0.2, -0.15) is 0 Å². The molecule has 6 rings (SSSR count). The van der Waals surface area contributed by atoms with Gasteiger partial charge < -0.3 is 4.74 Å². The number of pyridine rings is 2. The molecule has 0 radical (unpaired) electrons. The molecule has 0 fully saturated rings. The molecule has 1 aromatic carbocycles. The van der Waals surface area contributed by atoms with Gasteiger partial charge in [-0.1, -0.05) is 35.9 Å². The third kappa shape index (κ3) is 4.03. The van der Waals surface area contributed by atoms with Gasteiger partial charge >= 0.3 is 5.97 Å². The van der Waals surface area contributed by atoms with Gasteiger partial charge in [0.1, 0.15) is 12.3 Å². The Balaban J connectivity index is 1.37. The second kappa shape index (κ2) is 8.76. The number of halogens is 1. The molecule has 8 heteroatoms. The lowest BCUT2D eigenvalue weighted by Gasteiger charge is -2.12. The molecule has 172 valence electrons. The van der Waals surface area contributed by atoms with E-state index in [4.69, 9.17) is 21.3 Å². The second-order valence-corrected chi connectivity index (χ2v) is 9.67. The van der Waals surface area contributed by atoms with Crippen molar-refractivity contribution in [3.8, 4) is 0 Å². The summed E-state index contributed by atoms with van der Waals surface area (Å²) >= 11 is 7.65. The molecule has 1 aliphatic rings. The van der Waals surface area contributed by atoms with Gasteiger partial charge in [0.15, 0.2) is 0 Å². The minimum Gasteiger partial charge on any atom is -0.456 e. The SMILES string of the molecule is O=C(OCc1cc(=O)n2cc(Cl)ccc2n1)c1c2c(nc3ccccc13)/C(=C\c1cccs1)CC2. The molecule has 0 saturated carbocycles. The van der Waals surface area contributed by atoms with Gasteiger partial charge in [-0.15, -0.1) is 11.3 Å². The first-order valence-electron chi connectivity index (χ1n) is 11.1. The van der Waals surface area contributed by atoms with Crippen LogP contribution in [0.25, 0.3) is 28.2 Å². The second-order valence-electron chi connectivity index (χ2n) is 8.25. The number of esters is 1. The number of carbonyl (C=O) groups excluding carboxylic acids is 1. The highest BCUT2D eigenvalue weighted by Crippen LogP contribution is 2.38. The molecule has 0 amide bonds. The van der Waals surface area contributed by atoms with E-state index in [2.05, 4.69) is 17.1 Å². The van der Waals surface area contributed by atoms with Gasteiger partial charge in [-0.05, 0) is 59.7 Å². The van der Waals surface area contributed by atoms with E-state index >= 15 is 0 Å². The first kappa shape index (κ1) is 21.7. The minimum atomic E-state index is -0.449. The highest BCUT2D eigenvalue weighted by Gasteiger charge is 2.27. The van der Waals surface area contributed by atoms with Gasteiger partial charge in [0, 0.05) is 22.5 Å². The molecule has 0 bridgehead atoms. The number of ether oxygens (including phenoxy) is 1. The van der Waals surface area contributed by atoms with Crippen LogP contribution in [0.4, 0.5) is 0 Å². The molecular weight excluding hydrogens is 482 g/mol. The lowest BCUT2D eigenvalue weighted by Crippen LogP contribution is -2.17. The van der Waals surface area contributed by atoms with Crippen molar-refractivity contribution in [2.75, 3.05) is 0 Å². The number of fused-ring (bicyclic) bond motifs is 3. The summed E-state index contributed by atoms with van der Waals surface area (Å²) in [5, 5.41) is 3.24. The first-order valence-corrected chi connectivity index (χ1v) is 12.3. The summed E-state index contributed by atoms with van der Waals surface area (Å²) in [6.45, 7) is -0.115. The minimum absolute atomic E-state index is 0.115. The zero-order chi connectivity index (χ0) is 23.9. The van der Waals surface area contributed by atoms with Crippen LogP contribution in [-0.4, -0.2) is 20.3 Å². The van der Waals surface area contributed by atoms with Crippen LogP contribution in [0.2, 0.25) is 5.02 Å². The van der Waals surface area contributed by atoms with Crippen molar-refractivity contribution in [1.82, 2.24) is 14.4 Å². The van der Waals surface area contributed by atoms with Crippen molar-refractivity contribution in [2.24, 2.45) is 0 Å². The van der Waals surface area contributed by atoms with Gasteiger partial charge in [-0.25, -0.2) is 14.8 Å². The molecule has 0 saturated heterocycles. The zero-order valence-corrected chi connectivity index (χ0v) is 20.0. The standard InChI is InChI=1S/C27H18ClN3O3S/c28-17-8-10-23-29-18(13-24(32)31(23)14-17)15-34-27(33)25-20-5-1-2-6-22(20)30-26-16(7-9-21(25)26)12-19-4-3-11-35-19/h1-6,8,10-14H,7,9,15H2/b16-12-. The number of rotatable bonds is 4. The molecule has 4 aromatic heterocycles. The quantitative estimate of drug-likeness (QED) is 0.292. The van der Waals surface area contributed by atoms with E-state index in [0.29, 0.717) is 28.3 Å². The molecule has 4 heterocycles. The Morgan fingerprint density at radius 2 is 2.00 bits per heavy atom. The maximum absolute atomic E-state index is 13.4. The molecule has 1 aliphatic carbocycles. The summed E-state index contributed by atoms with van der Waals surface area (Å²) in [5.74, 6) is -0.449. The summed E-state index contributed by atoms with van der Waals surface area (Å²) in [7, 11) is 0. The number of hydrogen-bond acceptors (Lipinski definition) is 6. The van der Waals surface area contributed by atoms with Gasteiger partial charge in [0.2, 0.25) is 0 Å². The van der Waals surface area contributed by atoms with Crippen LogP contribution in [0.5, 0.6) is 0 Å². The fourth-order valence-corrected chi connectivity index (χ4v) is 5.31. The van der Waals surface area contributed by atoms with Crippen LogP contribution >= 0.6 is 22.9 Å². The van der Waals surface area contributed by atoms with Crippen molar-refractivity contribution < 1.29 is 9.53 Å². The number of thiophene rings is 1. The van der Waals surface area contributed by atoms with Crippen molar-refractivity contribution in [3.63, 3.8) is 0 Å². The summed E-state index contributed by atoms with van der Waals surface area (Å²) in [6, 6.07) is 16.4. The largest absolute Gasteiger partial charge is 0.456 e.